The lowest BCUT2D eigenvalue weighted by Gasteiger charge is -2.19. The predicted octanol–water partition coefficient (Wildman–Crippen LogP) is 7.23. The minimum Gasteiger partial charge on any atom is -0.322 e. The highest BCUT2D eigenvalue weighted by molar-refractivity contribution is 7.92. The van der Waals surface area contributed by atoms with Crippen molar-refractivity contribution in [3.8, 4) is 0 Å². The van der Waals surface area contributed by atoms with Gasteiger partial charge in [0.25, 0.3) is 15.9 Å². The van der Waals surface area contributed by atoms with E-state index < -0.39 is 15.9 Å². The smallest absolute Gasteiger partial charge is 0.263 e. The SMILES string of the molecule is Cc1ccccc1NS(=O)(=O)c1cc(C(=O)Nc2cccc(C(=O)c3ccc(C(C)(C)C)cc3)c2)ccc1Cl. The summed E-state index contributed by atoms with van der Waals surface area (Å²) in [6, 6.07) is 25.1. The Balaban J connectivity index is 1.54. The van der Waals surface area contributed by atoms with Crippen LogP contribution in [0.4, 0.5) is 11.4 Å². The molecule has 39 heavy (non-hydrogen) atoms. The number of ketones is 1. The topological polar surface area (TPSA) is 92.3 Å². The summed E-state index contributed by atoms with van der Waals surface area (Å²) in [7, 11) is -4.06. The number of carbonyl (C=O) groups excluding carboxylic acids is 2. The number of halogens is 1. The highest BCUT2D eigenvalue weighted by atomic mass is 35.5. The lowest BCUT2D eigenvalue weighted by atomic mass is 9.86. The zero-order valence-electron chi connectivity index (χ0n) is 22.1. The molecule has 0 radical (unpaired) electrons. The van der Waals surface area contributed by atoms with Gasteiger partial charge in [-0.1, -0.05) is 87.0 Å². The van der Waals surface area contributed by atoms with Crippen molar-refractivity contribution in [1.82, 2.24) is 0 Å². The van der Waals surface area contributed by atoms with Gasteiger partial charge in [0.15, 0.2) is 5.78 Å². The predicted molar refractivity (Wildman–Crippen MR) is 156 cm³/mol. The molecule has 0 aliphatic heterocycles. The van der Waals surface area contributed by atoms with Gasteiger partial charge in [-0.2, -0.15) is 0 Å². The number of para-hydroxylation sites is 1. The van der Waals surface area contributed by atoms with Crippen molar-refractivity contribution in [2.45, 2.75) is 38.0 Å². The van der Waals surface area contributed by atoms with E-state index in [-0.39, 0.29) is 26.7 Å². The summed E-state index contributed by atoms with van der Waals surface area (Å²) >= 11 is 6.21. The molecule has 0 spiro atoms. The van der Waals surface area contributed by atoms with E-state index >= 15 is 0 Å². The first-order chi connectivity index (χ1) is 18.3. The van der Waals surface area contributed by atoms with Crippen LogP contribution in [-0.4, -0.2) is 20.1 Å². The van der Waals surface area contributed by atoms with E-state index in [4.69, 9.17) is 11.6 Å². The molecule has 0 atom stereocenters. The van der Waals surface area contributed by atoms with Gasteiger partial charge in [-0.05, 0) is 59.9 Å². The average Bonchev–Trinajstić information content (AvgIpc) is 2.89. The number of amides is 1. The van der Waals surface area contributed by atoms with E-state index in [1.165, 1.54) is 18.2 Å². The fourth-order valence-electron chi connectivity index (χ4n) is 3.97. The van der Waals surface area contributed by atoms with E-state index in [1.54, 1.807) is 67.6 Å². The maximum atomic E-state index is 13.1. The highest BCUT2D eigenvalue weighted by Crippen LogP contribution is 2.27. The number of sulfonamides is 1. The van der Waals surface area contributed by atoms with Crippen LogP contribution in [-0.2, 0) is 15.4 Å². The number of hydrogen-bond acceptors (Lipinski definition) is 4. The second-order valence-electron chi connectivity index (χ2n) is 10.3. The number of benzene rings is 4. The molecule has 6 nitrogen and oxygen atoms in total. The Bertz CT molecular complexity index is 1660. The molecule has 1 amide bonds. The van der Waals surface area contributed by atoms with Crippen molar-refractivity contribution >= 4 is 44.7 Å². The maximum absolute atomic E-state index is 13.1. The first kappa shape index (κ1) is 28.1. The number of carbonyl (C=O) groups is 2. The zero-order valence-corrected chi connectivity index (χ0v) is 23.7. The first-order valence-corrected chi connectivity index (χ1v) is 14.2. The van der Waals surface area contributed by atoms with Crippen LogP contribution >= 0.6 is 11.6 Å². The van der Waals surface area contributed by atoms with Crippen molar-refractivity contribution in [3.63, 3.8) is 0 Å². The van der Waals surface area contributed by atoms with Gasteiger partial charge in [0.1, 0.15) is 4.90 Å². The normalized spacial score (nSPS) is 11.6. The van der Waals surface area contributed by atoms with Crippen molar-refractivity contribution in [1.29, 1.82) is 0 Å². The number of nitrogens with one attached hydrogen (secondary N) is 2. The van der Waals surface area contributed by atoms with Gasteiger partial charge in [-0.25, -0.2) is 8.42 Å². The molecule has 4 aromatic rings. The van der Waals surface area contributed by atoms with Crippen LogP contribution in [0.2, 0.25) is 5.02 Å². The van der Waals surface area contributed by atoms with E-state index in [0.29, 0.717) is 22.5 Å². The van der Waals surface area contributed by atoms with Crippen molar-refractivity contribution in [3.05, 3.63) is 124 Å². The summed E-state index contributed by atoms with van der Waals surface area (Å²) < 4.78 is 28.7. The Morgan fingerprint density at radius 3 is 2.10 bits per heavy atom. The van der Waals surface area contributed by atoms with Gasteiger partial charge in [0.2, 0.25) is 0 Å². The molecule has 0 bridgehead atoms. The molecule has 0 aliphatic rings. The van der Waals surface area contributed by atoms with Crippen LogP contribution in [0.5, 0.6) is 0 Å². The van der Waals surface area contributed by atoms with E-state index in [2.05, 4.69) is 30.8 Å². The standard InChI is InChI=1S/C31H29ClN2O4S/c1-20-8-5-6-11-27(20)34-39(37,38)28-19-23(14-17-26(28)32)30(36)33-25-10-7-9-22(18-25)29(35)21-12-15-24(16-13-21)31(2,3)4/h5-19,34H,1-4H3,(H,33,36). The Hall–Kier alpha value is -3.94. The van der Waals surface area contributed by atoms with Gasteiger partial charge in [0, 0.05) is 22.4 Å². The van der Waals surface area contributed by atoms with Gasteiger partial charge in [-0.3, -0.25) is 14.3 Å². The van der Waals surface area contributed by atoms with Crippen LogP contribution in [0, 0.1) is 6.92 Å². The third-order valence-corrected chi connectivity index (χ3v) is 8.12. The van der Waals surface area contributed by atoms with Gasteiger partial charge in [0.05, 0.1) is 10.7 Å². The molecular weight excluding hydrogens is 532 g/mol. The summed E-state index contributed by atoms with van der Waals surface area (Å²) in [5.41, 5.74) is 3.71. The van der Waals surface area contributed by atoms with Crippen LogP contribution in [0.3, 0.4) is 0 Å². The molecule has 4 rings (SSSR count). The molecule has 0 saturated heterocycles. The largest absolute Gasteiger partial charge is 0.322 e. The third-order valence-electron chi connectivity index (χ3n) is 6.27. The lowest BCUT2D eigenvalue weighted by Crippen LogP contribution is -2.17. The molecular formula is C31H29ClN2O4S. The minimum atomic E-state index is -4.06. The van der Waals surface area contributed by atoms with Crippen molar-refractivity contribution in [2.75, 3.05) is 10.0 Å². The molecule has 0 fully saturated rings. The molecule has 4 aromatic carbocycles. The number of hydrogen-bond donors (Lipinski definition) is 2. The number of aryl methyl sites for hydroxylation is 1. The highest BCUT2D eigenvalue weighted by Gasteiger charge is 2.22. The monoisotopic (exact) mass is 560 g/mol. The van der Waals surface area contributed by atoms with Crippen LogP contribution in [0.1, 0.15) is 58.2 Å². The number of anilines is 2. The summed E-state index contributed by atoms with van der Waals surface area (Å²) in [5, 5.41) is 2.73. The van der Waals surface area contributed by atoms with Gasteiger partial charge in [-0.15, -0.1) is 0 Å². The molecule has 8 heteroatoms. The summed E-state index contributed by atoms with van der Waals surface area (Å²) in [4.78, 5) is 25.9. The summed E-state index contributed by atoms with van der Waals surface area (Å²) in [5.74, 6) is -0.716. The maximum Gasteiger partial charge on any atom is 0.263 e. The van der Waals surface area contributed by atoms with Crippen molar-refractivity contribution in [2.24, 2.45) is 0 Å². The average molecular weight is 561 g/mol. The van der Waals surface area contributed by atoms with E-state index in [1.807, 2.05) is 12.1 Å². The molecule has 0 aromatic heterocycles. The quantitative estimate of drug-likeness (QED) is 0.233. The van der Waals surface area contributed by atoms with Gasteiger partial charge < -0.3 is 5.32 Å². The Labute approximate surface area is 234 Å². The number of rotatable bonds is 7. The Morgan fingerprint density at radius 2 is 1.44 bits per heavy atom. The van der Waals surface area contributed by atoms with Gasteiger partial charge >= 0.3 is 0 Å². The molecule has 0 heterocycles. The molecule has 0 aliphatic carbocycles. The summed E-state index contributed by atoms with van der Waals surface area (Å²) in [6.07, 6.45) is 0. The van der Waals surface area contributed by atoms with Crippen LogP contribution in [0.15, 0.2) is 95.9 Å². The molecule has 200 valence electrons. The van der Waals surface area contributed by atoms with Crippen LogP contribution in [0.25, 0.3) is 0 Å². The second kappa shape index (κ2) is 11.0. The Morgan fingerprint density at radius 1 is 0.769 bits per heavy atom. The fourth-order valence-corrected chi connectivity index (χ4v) is 5.63. The second-order valence-corrected chi connectivity index (χ2v) is 12.3. The van der Waals surface area contributed by atoms with Crippen LogP contribution < -0.4 is 10.0 Å². The summed E-state index contributed by atoms with van der Waals surface area (Å²) in [6.45, 7) is 8.10. The molecule has 0 unspecified atom stereocenters. The van der Waals surface area contributed by atoms with E-state index in [9.17, 15) is 18.0 Å². The van der Waals surface area contributed by atoms with E-state index in [0.717, 1.165) is 11.1 Å². The zero-order chi connectivity index (χ0) is 28.4. The lowest BCUT2D eigenvalue weighted by molar-refractivity contribution is 0.102. The molecule has 2 N–H and O–H groups in total. The molecule has 0 saturated carbocycles. The minimum absolute atomic E-state index is 0.0160. The van der Waals surface area contributed by atoms with Crippen molar-refractivity contribution < 1.29 is 18.0 Å². The third kappa shape index (κ3) is 6.56. The Kier molecular flexibility index (Phi) is 7.95. The fraction of sp³-hybridized carbons (Fsp3) is 0.161. The first-order valence-electron chi connectivity index (χ1n) is 12.3.